The van der Waals surface area contributed by atoms with E-state index in [0.29, 0.717) is 5.92 Å². The average molecular weight is 286 g/mol. The second-order valence-corrected chi connectivity index (χ2v) is 7.98. The highest BCUT2D eigenvalue weighted by Gasteiger charge is 2.78. The van der Waals surface area contributed by atoms with Crippen molar-refractivity contribution < 1.29 is 4.79 Å². The first-order chi connectivity index (χ1) is 9.48. The third-order valence-electron chi connectivity index (χ3n) is 6.72. The van der Waals surface area contributed by atoms with Gasteiger partial charge < -0.3 is 4.90 Å². The molecule has 4 heteroatoms. The second-order valence-electron chi connectivity index (χ2n) is 7.03. The van der Waals surface area contributed by atoms with Crippen LogP contribution in [0, 0.1) is 28.1 Å². The van der Waals surface area contributed by atoms with Crippen LogP contribution in [-0.2, 0) is 0 Å². The van der Waals surface area contributed by atoms with Gasteiger partial charge in [0, 0.05) is 12.0 Å². The molecule has 0 radical (unpaired) electrons. The highest BCUT2D eigenvalue weighted by molar-refractivity contribution is 7.12. The number of likely N-dealkylation sites (tertiary alicyclic amines) is 1. The summed E-state index contributed by atoms with van der Waals surface area (Å²) in [6, 6.07) is 6.34. The first kappa shape index (κ1) is 12.4. The van der Waals surface area contributed by atoms with Crippen molar-refractivity contribution in [2.45, 2.75) is 38.6 Å². The number of hydrogen-bond acceptors (Lipinski definition) is 3. The lowest BCUT2D eigenvalue weighted by molar-refractivity contribution is 0.0435. The van der Waals surface area contributed by atoms with Gasteiger partial charge in [-0.05, 0) is 42.0 Å². The van der Waals surface area contributed by atoms with E-state index < -0.39 is 5.54 Å². The Balaban J connectivity index is 1.82. The third kappa shape index (κ3) is 1.04. The Kier molecular flexibility index (Phi) is 2.14. The topological polar surface area (TPSA) is 44.1 Å². The summed E-state index contributed by atoms with van der Waals surface area (Å²) in [5, 5.41) is 11.8. The summed E-state index contributed by atoms with van der Waals surface area (Å²) in [6.07, 6.45) is 3.17. The van der Waals surface area contributed by atoms with Crippen molar-refractivity contribution in [3.05, 3.63) is 22.4 Å². The molecule has 4 bridgehead atoms. The fourth-order valence-corrected chi connectivity index (χ4v) is 5.96. The molecule has 0 unspecified atom stereocenters. The summed E-state index contributed by atoms with van der Waals surface area (Å²) in [5.74, 6) is 0.663. The first-order valence-corrected chi connectivity index (χ1v) is 8.13. The molecule has 20 heavy (non-hydrogen) atoms. The van der Waals surface area contributed by atoms with Crippen LogP contribution in [0.2, 0.25) is 0 Å². The Morgan fingerprint density at radius 2 is 2.35 bits per heavy atom. The van der Waals surface area contributed by atoms with E-state index >= 15 is 0 Å². The molecule has 2 heterocycles. The van der Waals surface area contributed by atoms with Crippen LogP contribution in [0.25, 0.3) is 0 Å². The number of amides is 1. The highest BCUT2D eigenvalue weighted by Crippen LogP contribution is 2.75. The predicted octanol–water partition coefficient (Wildman–Crippen LogP) is 3.29. The molecule has 4 rings (SSSR count). The summed E-state index contributed by atoms with van der Waals surface area (Å²) in [7, 11) is 0. The fraction of sp³-hybridized carbons (Fsp3) is 0.625. The lowest BCUT2D eigenvalue weighted by atomic mass is 9.66. The number of thiophene rings is 1. The molecule has 0 N–H and O–H groups in total. The van der Waals surface area contributed by atoms with Gasteiger partial charge in [-0.2, -0.15) is 5.26 Å². The van der Waals surface area contributed by atoms with Crippen LogP contribution in [-0.4, -0.2) is 22.9 Å². The zero-order valence-corrected chi connectivity index (χ0v) is 12.7. The summed E-state index contributed by atoms with van der Waals surface area (Å²) >= 11 is 1.47. The fourth-order valence-electron chi connectivity index (χ4n) is 5.29. The smallest absolute Gasteiger partial charge is 0.265 e. The normalized spacial score (nSPS) is 44.9. The van der Waals surface area contributed by atoms with Crippen molar-refractivity contribution >= 4 is 17.2 Å². The lowest BCUT2D eigenvalue weighted by Crippen LogP contribution is -2.54. The van der Waals surface area contributed by atoms with Crippen LogP contribution >= 0.6 is 11.3 Å². The molecule has 1 aromatic rings. The molecule has 3 fully saturated rings. The van der Waals surface area contributed by atoms with Crippen molar-refractivity contribution in [3.8, 4) is 6.07 Å². The molecule has 3 nitrogen and oxygen atoms in total. The number of hydrogen-bond donors (Lipinski definition) is 0. The minimum Gasteiger partial charge on any atom is -0.318 e. The van der Waals surface area contributed by atoms with E-state index in [2.05, 4.69) is 19.9 Å². The maximum absolute atomic E-state index is 12.8. The van der Waals surface area contributed by atoms with Crippen LogP contribution in [0.4, 0.5) is 0 Å². The van der Waals surface area contributed by atoms with Gasteiger partial charge in [0.05, 0.1) is 10.9 Å². The van der Waals surface area contributed by atoms with E-state index in [0.717, 1.165) is 24.3 Å². The molecule has 2 saturated carbocycles. The number of nitriles is 1. The maximum Gasteiger partial charge on any atom is 0.265 e. The number of piperidine rings is 1. The summed E-state index contributed by atoms with van der Waals surface area (Å²) < 4.78 is 0. The van der Waals surface area contributed by atoms with Crippen LogP contribution in [0.15, 0.2) is 17.5 Å². The van der Waals surface area contributed by atoms with Gasteiger partial charge in [-0.15, -0.1) is 11.3 Å². The van der Waals surface area contributed by atoms with Crippen LogP contribution in [0.3, 0.4) is 0 Å². The van der Waals surface area contributed by atoms with Crippen molar-refractivity contribution in [1.29, 1.82) is 5.26 Å². The Morgan fingerprint density at radius 3 is 2.95 bits per heavy atom. The Morgan fingerprint density at radius 1 is 1.55 bits per heavy atom. The number of rotatable bonds is 1. The van der Waals surface area contributed by atoms with E-state index in [-0.39, 0.29) is 16.7 Å². The standard InChI is InChI=1S/C16H18N2OS/c1-14-10-18(13(19)12-4-3-7-20-12)16(9-17)8-11(14)5-6-15(14,16)2/h3-4,7,11H,5-6,8,10H2,1-2H3/t11-,14-,15+,16-/m0/s1. The lowest BCUT2D eigenvalue weighted by Gasteiger charge is -2.42. The second kappa shape index (κ2) is 3.46. The molecule has 4 atom stereocenters. The van der Waals surface area contributed by atoms with Crippen molar-refractivity contribution in [2.24, 2.45) is 16.7 Å². The zero-order chi connectivity index (χ0) is 14.2. The third-order valence-corrected chi connectivity index (χ3v) is 7.58. The molecular formula is C16H18N2OS. The monoisotopic (exact) mass is 286 g/mol. The molecular weight excluding hydrogens is 268 g/mol. The van der Waals surface area contributed by atoms with Crippen LogP contribution < -0.4 is 0 Å². The van der Waals surface area contributed by atoms with Gasteiger partial charge in [0.1, 0.15) is 5.54 Å². The van der Waals surface area contributed by atoms with Gasteiger partial charge in [-0.3, -0.25) is 4.79 Å². The van der Waals surface area contributed by atoms with Crippen molar-refractivity contribution in [3.63, 3.8) is 0 Å². The zero-order valence-electron chi connectivity index (χ0n) is 11.8. The molecule has 3 aliphatic rings. The largest absolute Gasteiger partial charge is 0.318 e. The van der Waals surface area contributed by atoms with Crippen LogP contribution in [0.1, 0.15) is 42.8 Å². The minimum atomic E-state index is -0.578. The SMILES string of the molecule is C[C@]12CC[C@H]3C[C@@]1(C#N)N(C(=O)c1cccs1)C[C@@]32C. The van der Waals surface area contributed by atoms with Gasteiger partial charge >= 0.3 is 0 Å². The Labute approximate surface area is 123 Å². The van der Waals surface area contributed by atoms with E-state index in [9.17, 15) is 10.1 Å². The molecule has 1 aliphatic heterocycles. The highest BCUT2D eigenvalue weighted by atomic mass is 32.1. The summed E-state index contributed by atoms with van der Waals surface area (Å²) in [4.78, 5) is 15.5. The molecule has 1 amide bonds. The average Bonchev–Trinajstić information content (AvgIpc) is 3.13. The molecule has 1 saturated heterocycles. The van der Waals surface area contributed by atoms with Gasteiger partial charge in [-0.1, -0.05) is 19.9 Å². The predicted molar refractivity (Wildman–Crippen MR) is 77.3 cm³/mol. The van der Waals surface area contributed by atoms with Gasteiger partial charge in [0.25, 0.3) is 5.91 Å². The van der Waals surface area contributed by atoms with Crippen molar-refractivity contribution in [1.82, 2.24) is 4.90 Å². The Bertz CT molecular complexity index is 633. The van der Waals surface area contributed by atoms with Crippen LogP contribution in [0.5, 0.6) is 0 Å². The van der Waals surface area contributed by atoms with Gasteiger partial charge in [0.2, 0.25) is 0 Å². The van der Waals surface area contributed by atoms with E-state index in [4.69, 9.17) is 0 Å². The Hall–Kier alpha value is -1.34. The van der Waals surface area contributed by atoms with E-state index in [1.54, 1.807) is 0 Å². The van der Waals surface area contributed by atoms with E-state index in [1.165, 1.54) is 17.8 Å². The number of carbonyl (C=O) groups excluding carboxylic acids is 1. The quantitative estimate of drug-likeness (QED) is 0.795. The molecule has 1 aromatic heterocycles. The maximum atomic E-state index is 12.8. The number of carbonyl (C=O) groups is 1. The first-order valence-electron chi connectivity index (χ1n) is 7.25. The number of nitrogens with zero attached hydrogens (tertiary/aromatic N) is 2. The van der Waals surface area contributed by atoms with Gasteiger partial charge in [-0.25, -0.2) is 0 Å². The molecule has 104 valence electrons. The summed E-state index contributed by atoms with van der Waals surface area (Å²) in [6.45, 7) is 5.29. The van der Waals surface area contributed by atoms with E-state index in [1.807, 2.05) is 22.4 Å². The molecule has 0 aromatic carbocycles. The van der Waals surface area contributed by atoms with Gasteiger partial charge in [0.15, 0.2) is 0 Å². The summed E-state index contributed by atoms with van der Waals surface area (Å²) in [5.41, 5.74) is -0.492. The minimum absolute atomic E-state index is 0.0354. The molecule has 0 spiro atoms. The molecule has 2 aliphatic carbocycles. The van der Waals surface area contributed by atoms with Crippen molar-refractivity contribution in [2.75, 3.05) is 6.54 Å².